The molecule has 7 nitrogen and oxygen atoms in total. The predicted octanol–water partition coefficient (Wildman–Crippen LogP) is 0.808. The lowest BCUT2D eigenvalue weighted by molar-refractivity contribution is -0.121. The Labute approximate surface area is 114 Å². The quantitative estimate of drug-likeness (QED) is 0.611. The number of ketones is 1. The molecule has 0 bridgehead atoms. The molecule has 1 rings (SSSR count). The van der Waals surface area contributed by atoms with Gasteiger partial charge in [-0.15, -0.1) is 0 Å². The smallest absolute Gasteiger partial charge is 0.358 e. The van der Waals surface area contributed by atoms with Gasteiger partial charge in [0.05, 0.1) is 7.11 Å². The number of carbonyl (C=O) groups excluding carboxylic acids is 3. The van der Waals surface area contributed by atoms with Crippen molar-refractivity contribution in [1.29, 1.82) is 0 Å². The van der Waals surface area contributed by atoms with Crippen LogP contribution in [0.2, 0.25) is 0 Å². The molecule has 1 amide bonds. The van der Waals surface area contributed by atoms with Gasteiger partial charge in [-0.2, -0.15) is 0 Å². The number of aromatic nitrogens is 1. The molecule has 0 aliphatic rings. The van der Waals surface area contributed by atoms with Crippen LogP contribution in [-0.2, 0) is 9.53 Å². The van der Waals surface area contributed by atoms with E-state index in [1.165, 1.54) is 14.0 Å². The third-order valence-corrected chi connectivity index (χ3v) is 3.43. The molecule has 1 heterocycles. The molecule has 0 aliphatic heterocycles. The zero-order chi connectivity index (χ0) is 14.8. The fourth-order valence-electron chi connectivity index (χ4n) is 1.18. The number of anilines is 1. The number of nitrogens with zero attached hydrogens (tertiary/aromatic N) is 1. The molecule has 0 spiro atoms. The molecule has 19 heavy (non-hydrogen) atoms. The van der Waals surface area contributed by atoms with Gasteiger partial charge in [0.1, 0.15) is 10.4 Å². The molecule has 3 N–H and O–H groups in total. The van der Waals surface area contributed by atoms with Crippen molar-refractivity contribution < 1.29 is 19.1 Å². The molecule has 0 fully saturated rings. The van der Waals surface area contributed by atoms with E-state index in [-0.39, 0.29) is 21.5 Å². The minimum Gasteiger partial charge on any atom is -0.464 e. The van der Waals surface area contributed by atoms with Gasteiger partial charge in [-0.1, -0.05) is 11.3 Å². The predicted molar refractivity (Wildman–Crippen MR) is 70.4 cm³/mol. The summed E-state index contributed by atoms with van der Waals surface area (Å²) < 4.78 is 4.55. The standard InChI is InChI=1S/C11H15N3O4S/c1-5(15)7-6(8(16)18-4)13-10(19-7)14-11(2,3)9(12)17/h1-4H3,(H2,12,17)(H,13,14). The lowest BCUT2D eigenvalue weighted by Crippen LogP contribution is -2.45. The van der Waals surface area contributed by atoms with E-state index in [0.717, 1.165) is 11.3 Å². The number of ether oxygens (including phenoxy) is 1. The summed E-state index contributed by atoms with van der Waals surface area (Å²) in [4.78, 5) is 38.3. The van der Waals surface area contributed by atoms with Crippen LogP contribution in [0.5, 0.6) is 0 Å². The molecule has 104 valence electrons. The van der Waals surface area contributed by atoms with Crippen molar-refractivity contribution in [2.24, 2.45) is 5.73 Å². The zero-order valence-corrected chi connectivity index (χ0v) is 11.9. The molecule has 0 aromatic carbocycles. The Morgan fingerprint density at radius 2 is 1.95 bits per heavy atom. The highest BCUT2D eigenvalue weighted by Crippen LogP contribution is 2.26. The summed E-state index contributed by atoms with van der Waals surface area (Å²) in [5, 5.41) is 3.04. The first kappa shape index (κ1) is 15.1. The number of Topliss-reactive ketones (excluding diaryl/α,β-unsaturated/α-hetero) is 1. The summed E-state index contributed by atoms with van der Waals surface area (Å²) in [6.45, 7) is 4.47. The van der Waals surface area contributed by atoms with Gasteiger partial charge in [0.15, 0.2) is 16.6 Å². The average Bonchev–Trinajstić information content (AvgIpc) is 2.71. The summed E-state index contributed by atoms with van der Waals surface area (Å²) in [5.41, 5.74) is 4.12. The Morgan fingerprint density at radius 1 is 1.37 bits per heavy atom. The van der Waals surface area contributed by atoms with Crippen LogP contribution in [0.25, 0.3) is 0 Å². The number of methoxy groups -OCH3 is 1. The molecule has 0 saturated carbocycles. The molecule has 0 atom stereocenters. The molecule has 0 aliphatic carbocycles. The van der Waals surface area contributed by atoms with Crippen molar-refractivity contribution in [3.05, 3.63) is 10.6 Å². The molecule has 0 unspecified atom stereocenters. The van der Waals surface area contributed by atoms with Crippen molar-refractivity contribution in [3.63, 3.8) is 0 Å². The van der Waals surface area contributed by atoms with E-state index in [1.54, 1.807) is 13.8 Å². The maximum Gasteiger partial charge on any atom is 0.358 e. The maximum atomic E-state index is 11.5. The molecule has 0 saturated heterocycles. The second-order valence-electron chi connectivity index (χ2n) is 4.36. The van der Waals surface area contributed by atoms with Gasteiger partial charge in [0.25, 0.3) is 0 Å². The van der Waals surface area contributed by atoms with Gasteiger partial charge < -0.3 is 15.8 Å². The highest BCUT2D eigenvalue weighted by Gasteiger charge is 2.28. The molecular formula is C11H15N3O4S. The van der Waals surface area contributed by atoms with E-state index >= 15 is 0 Å². The second-order valence-corrected chi connectivity index (χ2v) is 5.36. The number of hydrogen-bond donors (Lipinski definition) is 2. The lowest BCUT2D eigenvalue weighted by atomic mass is 10.1. The van der Waals surface area contributed by atoms with Crippen LogP contribution < -0.4 is 11.1 Å². The van der Waals surface area contributed by atoms with Gasteiger partial charge in [-0.3, -0.25) is 9.59 Å². The summed E-state index contributed by atoms with van der Waals surface area (Å²) in [6.07, 6.45) is 0. The number of nitrogens with one attached hydrogen (secondary N) is 1. The molecule has 8 heteroatoms. The zero-order valence-electron chi connectivity index (χ0n) is 11.1. The van der Waals surface area contributed by atoms with E-state index in [2.05, 4.69) is 15.0 Å². The normalized spacial score (nSPS) is 10.9. The van der Waals surface area contributed by atoms with Crippen molar-refractivity contribution in [2.45, 2.75) is 26.3 Å². The topological polar surface area (TPSA) is 111 Å². The number of primary amides is 1. The number of hydrogen-bond acceptors (Lipinski definition) is 7. The average molecular weight is 285 g/mol. The highest BCUT2D eigenvalue weighted by molar-refractivity contribution is 7.17. The number of nitrogens with two attached hydrogens (primary N) is 1. The summed E-state index contributed by atoms with van der Waals surface area (Å²) >= 11 is 0.975. The minimum absolute atomic E-state index is 0.0669. The van der Waals surface area contributed by atoms with Gasteiger partial charge in [0, 0.05) is 6.92 Å². The van der Waals surface area contributed by atoms with Crippen LogP contribution in [0.1, 0.15) is 40.9 Å². The number of amides is 1. The van der Waals surface area contributed by atoms with Gasteiger partial charge >= 0.3 is 5.97 Å². The molecule has 1 aromatic rings. The summed E-state index contributed by atoms with van der Waals surface area (Å²) in [6, 6.07) is 0. The van der Waals surface area contributed by atoms with E-state index in [1.807, 2.05) is 0 Å². The van der Waals surface area contributed by atoms with E-state index < -0.39 is 17.4 Å². The van der Waals surface area contributed by atoms with Crippen LogP contribution in [0, 0.1) is 0 Å². The van der Waals surface area contributed by atoms with E-state index in [4.69, 9.17) is 5.73 Å². The minimum atomic E-state index is -1.04. The summed E-state index contributed by atoms with van der Waals surface area (Å²) in [5.74, 6) is -1.58. The SMILES string of the molecule is COC(=O)c1nc(NC(C)(C)C(N)=O)sc1C(C)=O. The van der Waals surface area contributed by atoms with Crippen molar-refractivity contribution in [1.82, 2.24) is 4.98 Å². The van der Waals surface area contributed by atoms with Crippen LogP contribution >= 0.6 is 11.3 Å². The highest BCUT2D eigenvalue weighted by atomic mass is 32.1. The number of rotatable bonds is 5. The van der Waals surface area contributed by atoms with Crippen molar-refractivity contribution >= 4 is 34.1 Å². The Bertz CT molecular complexity index is 536. The lowest BCUT2D eigenvalue weighted by Gasteiger charge is -2.21. The largest absolute Gasteiger partial charge is 0.464 e. The number of esters is 1. The van der Waals surface area contributed by atoms with Gasteiger partial charge in [-0.05, 0) is 13.8 Å². The fourth-order valence-corrected chi connectivity index (χ4v) is 2.18. The van der Waals surface area contributed by atoms with Gasteiger partial charge in [-0.25, -0.2) is 9.78 Å². The van der Waals surface area contributed by atoms with Crippen LogP contribution in [0.3, 0.4) is 0 Å². The van der Waals surface area contributed by atoms with Crippen molar-refractivity contribution in [3.8, 4) is 0 Å². The third kappa shape index (κ3) is 3.28. The number of carbonyl (C=O) groups is 3. The monoisotopic (exact) mass is 285 g/mol. The number of thiazole rings is 1. The van der Waals surface area contributed by atoms with Crippen LogP contribution in [0.4, 0.5) is 5.13 Å². The van der Waals surface area contributed by atoms with Gasteiger partial charge in [0.2, 0.25) is 5.91 Å². The van der Waals surface area contributed by atoms with Crippen LogP contribution in [0.15, 0.2) is 0 Å². The second kappa shape index (κ2) is 5.35. The molecular weight excluding hydrogens is 270 g/mol. The Balaban J connectivity index is 3.15. The van der Waals surface area contributed by atoms with Crippen LogP contribution in [-0.4, -0.2) is 35.3 Å². The van der Waals surface area contributed by atoms with E-state index in [9.17, 15) is 14.4 Å². The maximum absolute atomic E-state index is 11.5. The Hall–Kier alpha value is -1.96. The van der Waals surface area contributed by atoms with E-state index in [0.29, 0.717) is 0 Å². The Morgan fingerprint density at radius 3 is 2.37 bits per heavy atom. The first-order chi connectivity index (χ1) is 8.69. The molecule has 0 radical (unpaired) electrons. The Kier molecular flexibility index (Phi) is 4.25. The first-order valence-corrected chi connectivity index (χ1v) is 6.19. The third-order valence-electron chi connectivity index (χ3n) is 2.36. The first-order valence-electron chi connectivity index (χ1n) is 5.37. The molecule has 1 aromatic heterocycles. The summed E-state index contributed by atoms with van der Waals surface area (Å²) in [7, 11) is 1.20. The van der Waals surface area contributed by atoms with Crippen molar-refractivity contribution in [2.75, 3.05) is 12.4 Å². The fraction of sp³-hybridized carbons (Fsp3) is 0.455.